The Morgan fingerprint density at radius 3 is 2.54 bits per heavy atom. The lowest BCUT2D eigenvalue weighted by atomic mass is 10.1. The van der Waals surface area contributed by atoms with E-state index in [0.717, 1.165) is 31.5 Å². The minimum atomic E-state index is -4.81. The molecule has 1 heterocycles. The van der Waals surface area contributed by atoms with E-state index in [1.807, 2.05) is 4.72 Å². The number of benzene rings is 1. The summed E-state index contributed by atoms with van der Waals surface area (Å²) in [5.41, 5.74) is -1.27. The molecule has 1 saturated heterocycles. The Hall–Kier alpha value is -1.36. The average Bonchev–Trinajstić information content (AvgIpc) is 2.54. The lowest BCUT2D eigenvalue weighted by molar-refractivity contribution is -0.139. The van der Waals surface area contributed by atoms with Gasteiger partial charge in [-0.25, -0.2) is 8.42 Å². The molecule has 1 aliphatic heterocycles. The highest BCUT2D eigenvalue weighted by atomic mass is 35.5. The Balaban J connectivity index is 0.00000338. The molecule has 0 radical (unpaired) electrons. The van der Waals surface area contributed by atoms with Gasteiger partial charge in [0.25, 0.3) is 0 Å². The zero-order valence-electron chi connectivity index (χ0n) is 14.0. The first-order valence-corrected chi connectivity index (χ1v) is 9.29. The molecule has 2 unspecified atom stereocenters. The molecule has 0 aliphatic carbocycles. The van der Waals surface area contributed by atoms with Crippen LogP contribution < -0.4 is 15.4 Å². The van der Waals surface area contributed by atoms with Crippen LogP contribution in [-0.4, -0.2) is 39.5 Å². The topological polar surface area (TPSA) is 87.3 Å². The molecule has 1 aromatic carbocycles. The van der Waals surface area contributed by atoms with Crippen molar-refractivity contribution in [1.82, 2.24) is 15.4 Å². The van der Waals surface area contributed by atoms with E-state index in [2.05, 4.69) is 10.6 Å². The molecule has 26 heavy (non-hydrogen) atoms. The molecule has 1 fully saturated rings. The van der Waals surface area contributed by atoms with Crippen molar-refractivity contribution >= 4 is 28.3 Å². The van der Waals surface area contributed by atoms with Gasteiger partial charge in [-0.15, -0.1) is 12.4 Å². The number of nitrogens with one attached hydrogen (secondary N) is 3. The molecule has 1 aromatic rings. The first kappa shape index (κ1) is 22.7. The fourth-order valence-electron chi connectivity index (χ4n) is 2.59. The predicted octanol–water partition coefficient (Wildman–Crippen LogP) is 1.66. The highest BCUT2D eigenvalue weighted by Crippen LogP contribution is 2.33. The third-order valence-electron chi connectivity index (χ3n) is 3.85. The van der Waals surface area contributed by atoms with Crippen molar-refractivity contribution in [2.75, 3.05) is 13.1 Å². The number of carbonyl (C=O) groups excluding carboxylic acids is 1. The van der Waals surface area contributed by atoms with Gasteiger partial charge >= 0.3 is 6.18 Å². The molecule has 0 aromatic heterocycles. The van der Waals surface area contributed by atoms with Crippen LogP contribution in [0.1, 0.15) is 25.3 Å². The molecule has 0 spiro atoms. The zero-order valence-corrected chi connectivity index (χ0v) is 15.6. The van der Waals surface area contributed by atoms with Gasteiger partial charge in [0.05, 0.1) is 16.5 Å². The van der Waals surface area contributed by atoms with Gasteiger partial charge in [-0.1, -0.05) is 12.1 Å². The summed E-state index contributed by atoms with van der Waals surface area (Å²) >= 11 is 0. The van der Waals surface area contributed by atoms with Crippen molar-refractivity contribution in [1.29, 1.82) is 0 Å². The van der Waals surface area contributed by atoms with Gasteiger partial charge in [0.15, 0.2) is 0 Å². The van der Waals surface area contributed by atoms with Crippen LogP contribution in [0.2, 0.25) is 0 Å². The molecule has 1 amide bonds. The smallest absolute Gasteiger partial charge is 0.351 e. The summed E-state index contributed by atoms with van der Waals surface area (Å²) in [7, 11) is -4.51. The van der Waals surface area contributed by atoms with E-state index in [4.69, 9.17) is 0 Å². The van der Waals surface area contributed by atoms with Crippen LogP contribution in [0.5, 0.6) is 0 Å². The largest absolute Gasteiger partial charge is 0.417 e. The molecule has 11 heteroatoms. The first-order chi connectivity index (χ1) is 11.6. The van der Waals surface area contributed by atoms with Crippen molar-refractivity contribution in [3.05, 3.63) is 29.8 Å². The molecular weight excluding hydrogens is 395 g/mol. The fraction of sp³-hybridized carbons (Fsp3) is 0.533. The van der Waals surface area contributed by atoms with E-state index in [1.165, 1.54) is 13.0 Å². The minimum absolute atomic E-state index is 0. The monoisotopic (exact) mass is 415 g/mol. The summed E-state index contributed by atoms with van der Waals surface area (Å²) in [4.78, 5) is 11.2. The summed E-state index contributed by atoms with van der Waals surface area (Å²) in [5, 5.41) is 5.79. The Morgan fingerprint density at radius 1 is 1.31 bits per heavy atom. The van der Waals surface area contributed by atoms with E-state index >= 15 is 0 Å². The van der Waals surface area contributed by atoms with Gasteiger partial charge in [0, 0.05) is 12.6 Å². The fourth-order valence-corrected chi connectivity index (χ4v) is 4.02. The number of carbonyl (C=O) groups is 1. The van der Waals surface area contributed by atoms with E-state index < -0.39 is 38.6 Å². The van der Waals surface area contributed by atoms with Crippen molar-refractivity contribution in [3.63, 3.8) is 0 Å². The number of piperidine rings is 1. The lowest BCUT2D eigenvalue weighted by Crippen LogP contribution is -2.52. The van der Waals surface area contributed by atoms with Crippen molar-refractivity contribution in [3.8, 4) is 0 Å². The molecule has 0 saturated carbocycles. The maximum atomic E-state index is 13.0. The number of hydrogen-bond donors (Lipinski definition) is 3. The minimum Gasteiger partial charge on any atom is -0.351 e. The van der Waals surface area contributed by atoms with Gasteiger partial charge in [-0.2, -0.15) is 17.9 Å². The Labute approximate surface area is 156 Å². The summed E-state index contributed by atoms with van der Waals surface area (Å²) in [6.07, 6.45) is -3.18. The van der Waals surface area contributed by atoms with E-state index in [1.54, 1.807) is 0 Å². The number of amides is 1. The van der Waals surface area contributed by atoms with Crippen molar-refractivity contribution < 1.29 is 26.4 Å². The number of rotatable bonds is 5. The highest BCUT2D eigenvalue weighted by molar-refractivity contribution is 7.89. The number of sulfonamides is 1. The second kappa shape index (κ2) is 9.03. The van der Waals surface area contributed by atoms with Gasteiger partial charge < -0.3 is 10.6 Å². The van der Waals surface area contributed by atoms with E-state index in [0.29, 0.717) is 12.6 Å². The highest BCUT2D eigenvalue weighted by Gasteiger charge is 2.37. The van der Waals surface area contributed by atoms with Crippen LogP contribution in [0, 0.1) is 0 Å². The molecule has 3 N–H and O–H groups in total. The maximum absolute atomic E-state index is 13.0. The van der Waals surface area contributed by atoms with Gasteiger partial charge in [0.2, 0.25) is 15.9 Å². The van der Waals surface area contributed by atoms with Crippen molar-refractivity contribution in [2.45, 2.75) is 42.9 Å². The molecule has 2 atom stereocenters. The normalized spacial score (nSPS) is 19.3. The van der Waals surface area contributed by atoms with Gasteiger partial charge in [0.1, 0.15) is 0 Å². The zero-order chi connectivity index (χ0) is 18.7. The van der Waals surface area contributed by atoms with Crippen LogP contribution in [0.3, 0.4) is 0 Å². The number of alkyl halides is 3. The van der Waals surface area contributed by atoms with Crippen LogP contribution in [0.15, 0.2) is 29.2 Å². The van der Waals surface area contributed by atoms with E-state index in [9.17, 15) is 26.4 Å². The Bertz CT molecular complexity index is 722. The number of hydrogen-bond acceptors (Lipinski definition) is 4. The van der Waals surface area contributed by atoms with Gasteiger partial charge in [-0.3, -0.25) is 4.79 Å². The predicted molar refractivity (Wildman–Crippen MR) is 92.5 cm³/mol. The molecule has 1 aliphatic rings. The Morgan fingerprint density at radius 2 is 1.96 bits per heavy atom. The molecule has 6 nitrogen and oxygen atoms in total. The van der Waals surface area contributed by atoms with Crippen molar-refractivity contribution in [2.24, 2.45) is 0 Å². The van der Waals surface area contributed by atoms with E-state index in [-0.39, 0.29) is 18.4 Å². The molecule has 0 bridgehead atoms. The summed E-state index contributed by atoms with van der Waals surface area (Å²) in [5.74, 6) is -0.582. The van der Waals surface area contributed by atoms with Gasteiger partial charge in [-0.05, 0) is 38.4 Å². The van der Waals surface area contributed by atoms with Crippen LogP contribution in [0.25, 0.3) is 0 Å². The molecule has 2 rings (SSSR count). The third kappa shape index (κ3) is 5.83. The molecule has 148 valence electrons. The first-order valence-electron chi connectivity index (χ1n) is 7.81. The number of halogens is 4. The van der Waals surface area contributed by atoms with Crippen LogP contribution >= 0.6 is 12.4 Å². The quantitative estimate of drug-likeness (QED) is 0.682. The standard InChI is InChI=1S/C15H20F3N3O3S.ClH/c1-10(14(22)20-11-5-4-8-19-9-11)21-25(23,24)13-7-3-2-6-12(13)15(16,17)18;/h2-3,6-7,10-11,19,21H,4-5,8-9H2,1H3,(H,20,22);1H. The summed E-state index contributed by atoms with van der Waals surface area (Å²) < 4.78 is 65.6. The SMILES string of the molecule is CC(NS(=O)(=O)c1ccccc1C(F)(F)F)C(=O)NC1CCCNC1.Cl. The maximum Gasteiger partial charge on any atom is 0.417 e. The Kier molecular flexibility index (Phi) is 7.87. The second-order valence-electron chi connectivity index (χ2n) is 5.89. The van der Waals surface area contributed by atoms with Crippen LogP contribution in [0.4, 0.5) is 13.2 Å². The lowest BCUT2D eigenvalue weighted by Gasteiger charge is -2.25. The third-order valence-corrected chi connectivity index (χ3v) is 5.45. The second-order valence-corrected chi connectivity index (χ2v) is 7.57. The van der Waals surface area contributed by atoms with Crippen LogP contribution in [-0.2, 0) is 21.0 Å². The summed E-state index contributed by atoms with van der Waals surface area (Å²) in [6, 6.07) is 2.52. The molecular formula is C15H21ClF3N3O3S. The average molecular weight is 416 g/mol. The summed E-state index contributed by atoms with van der Waals surface area (Å²) in [6.45, 7) is 2.71.